The Bertz CT molecular complexity index is 919. The van der Waals surface area contributed by atoms with E-state index in [-0.39, 0.29) is 12.2 Å². The van der Waals surface area contributed by atoms with E-state index < -0.39 is 77.2 Å². The van der Waals surface area contributed by atoms with E-state index in [1.165, 1.54) is 11.1 Å². The molecule has 0 bridgehead atoms. The molecule has 2 fully saturated rings. The van der Waals surface area contributed by atoms with Crippen molar-refractivity contribution in [3.8, 4) is 0 Å². The number of amides is 1. The quantitative estimate of drug-likeness (QED) is 0.166. The number of hydrogen-bond donors (Lipinski definition) is 7. The minimum atomic E-state index is -5.31. The number of carbonyl (C=O) groups excluding carboxylic acids is 1. The van der Waals surface area contributed by atoms with Gasteiger partial charge in [-0.2, -0.15) is 4.31 Å². The van der Waals surface area contributed by atoms with Gasteiger partial charge in [0.2, 0.25) is 0 Å². The number of carbonyl (C=O) groups is 1. The monoisotopic (exact) mass is 531 g/mol. The second kappa shape index (κ2) is 10.4. The van der Waals surface area contributed by atoms with Crippen LogP contribution in [0.25, 0.3) is 0 Å². The maximum Gasteiger partial charge on any atom is 0.483 e. The molecule has 0 saturated carbocycles. The zero-order valence-electron chi connectivity index (χ0n) is 17.8. The molecule has 3 aliphatic heterocycles. The Morgan fingerprint density at radius 3 is 2.53 bits per heavy atom. The molecule has 0 spiro atoms. The van der Waals surface area contributed by atoms with E-state index in [1.54, 1.807) is 6.92 Å². The molecule has 16 nitrogen and oxygen atoms in total. The topological polar surface area (TPSA) is 240 Å². The molecule has 0 aromatic heterocycles. The predicted octanol–water partition coefficient (Wildman–Crippen LogP) is -2.08. The summed E-state index contributed by atoms with van der Waals surface area (Å²) in [7, 11) is -10.6. The molecule has 10 atom stereocenters. The maximum atomic E-state index is 12.2. The van der Waals surface area contributed by atoms with E-state index >= 15 is 0 Å². The predicted molar refractivity (Wildman–Crippen MR) is 110 cm³/mol. The number of nitrogens with zero attached hydrogens (tertiary/aromatic N) is 1. The van der Waals surface area contributed by atoms with Crippen molar-refractivity contribution in [3.05, 3.63) is 24.7 Å². The first-order valence-corrected chi connectivity index (χ1v) is 12.9. The fourth-order valence-electron chi connectivity index (χ4n) is 3.47. The van der Waals surface area contributed by atoms with Gasteiger partial charge < -0.3 is 50.5 Å². The summed E-state index contributed by atoms with van der Waals surface area (Å²) in [6.07, 6.45) is -6.95. The molecule has 194 valence electrons. The van der Waals surface area contributed by atoms with E-state index in [4.69, 9.17) is 15.2 Å². The molecule has 3 heterocycles. The molecule has 18 heteroatoms. The summed E-state index contributed by atoms with van der Waals surface area (Å²) < 4.78 is 48.4. The normalized spacial score (nSPS) is 40.0. The van der Waals surface area contributed by atoms with Crippen LogP contribution in [0, 0.1) is 0 Å². The number of aliphatic hydroxyl groups is 3. The zero-order valence-corrected chi connectivity index (χ0v) is 19.6. The lowest BCUT2D eigenvalue weighted by Crippen LogP contribution is -2.52. The molecule has 3 aliphatic rings. The average molecular weight is 531 g/mol. The summed E-state index contributed by atoms with van der Waals surface area (Å²) in [6, 6.07) is -0.842. The molecule has 0 radical (unpaired) electrons. The highest BCUT2D eigenvalue weighted by molar-refractivity contribution is 7.61. The lowest BCUT2D eigenvalue weighted by atomic mass is 10.0. The maximum absolute atomic E-state index is 12.2. The van der Waals surface area contributed by atoms with Crippen LogP contribution in [0.1, 0.15) is 13.3 Å². The van der Waals surface area contributed by atoms with Crippen LogP contribution < -0.4 is 11.1 Å². The number of rotatable bonds is 8. The fourth-order valence-corrected chi connectivity index (χ4v) is 5.63. The molecule has 3 rings (SSSR count). The van der Waals surface area contributed by atoms with Crippen molar-refractivity contribution in [1.82, 2.24) is 10.2 Å². The van der Waals surface area contributed by atoms with Gasteiger partial charge in [0.15, 0.2) is 12.5 Å². The van der Waals surface area contributed by atoms with Crippen LogP contribution in [-0.4, -0.2) is 91.6 Å². The van der Waals surface area contributed by atoms with Crippen molar-refractivity contribution in [3.63, 3.8) is 0 Å². The number of hydrogen-bond acceptors (Lipinski definition) is 13. The first kappa shape index (κ1) is 27.4. The Balaban J connectivity index is 1.57. The SMILES string of the molecule is C=C1NC(=O)C=CN1[C@@H]1O[C@H](COP(=O)(O)OP(=O)(O)O[C@H]2OC(C)C[C@H](N)C2O)C(O)[C@@H]1O. The van der Waals surface area contributed by atoms with Gasteiger partial charge in [-0.05, 0) is 13.3 Å². The van der Waals surface area contributed by atoms with Crippen LogP contribution in [0.2, 0.25) is 0 Å². The van der Waals surface area contributed by atoms with Crippen molar-refractivity contribution in [2.24, 2.45) is 5.73 Å². The Morgan fingerprint density at radius 1 is 1.21 bits per heavy atom. The summed E-state index contributed by atoms with van der Waals surface area (Å²) in [5.41, 5.74) is 5.68. The molecule has 0 aromatic carbocycles. The van der Waals surface area contributed by atoms with Crippen molar-refractivity contribution in [1.29, 1.82) is 0 Å². The average Bonchev–Trinajstić information content (AvgIpc) is 2.97. The van der Waals surface area contributed by atoms with Gasteiger partial charge in [0.1, 0.15) is 30.2 Å². The summed E-state index contributed by atoms with van der Waals surface area (Å²) in [6.45, 7) is 4.30. The van der Waals surface area contributed by atoms with Crippen molar-refractivity contribution in [2.45, 2.75) is 62.4 Å². The fraction of sp³-hybridized carbons (Fsp3) is 0.688. The standard InChI is InChI=1S/C16H27N3O13P2/c1-7-5-9(17)12(21)16(29-7)31-34(26,27)32-33(24,25)28-6-10-13(22)14(23)15(30-10)19-4-3-11(20)18-8(19)2/h3-4,7,9-10,12-16,21-23H,2,5-6,17H2,1H3,(H,18,20)(H,24,25)(H,26,27)/t7?,9-,10+,12?,13?,14-,15+,16+/m0/s1. The van der Waals surface area contributed by atoms with Crippen molar-refractivity contribution < 1.29 is 61.9 Å². The number of phosphoric ester groups is 2. The first-order valence-electron chi connectivity index (χ1n) is 9.96. The lowest BCUT2D eigenvalue weighted by molar-refractivity contribution is -0.208. The largest absolute Gasteiger partial charge is 0.483 e. The summed E-state index contributed by atoms with van der Waals surface area (Å²) in [4.78, 5) is 32.2. The van der Waals surface area contributed by atoms with Crippen LogP contribution in [0.15, 0.2) is 24.7 Å². The molecule has 2 saturated heterocycles. The third kappa shape index (κ3) is 6.50. The Kier molecular flexibility index (Phi) is 8.37. The van der Waals surface area contributed by atoms with E-state index in [2.05, 4.69) is 25.3 Å². The van der Waals surface area contributed by atoms with E-state index in [0.717, 1.165) is 6.08 Å². The molecular formula is C16H27N3O13P2. The van der Waals surface area contributed by atoms with Crippen LogP contribution in [-0.2, 0) is 36.8 Å². The van der Waals surface area contributed by atoms with Gasteiger partial charge in [0.25, 0.3) is 5.91 Å². The van der Waals surface area contributed by atoms with Gasteiger partial charge >= 0.3 is 15.6 Å². The third-order valence-electron chi connectivity index (χ3n) is 5.11. The molecule has 34 heavy (non-hydrogen) atoms. The van der Waals surface area contributed by atoms with Gasteiger partial charge in [-0.15, -0.1) is 0 Å². The van der Waals surface area contributed by atoms with Gasteiger partial charge in [-0.3, -0.25) is 13.8 Å². The van der Waals surface area contributed by atoms with Gasteiger partial charge in [0.05, 0.1) is 12.7 Å². The number of nitrogens with two attached hydrogens (primary N) is 1. The van der Waals surface area contributed by atoms with Crippen LogP contribution >= 0.6 is 15.6 Å². The van der Waals surface area contributed by atoms with Gasteiger partial charge in [-0.1, -0.05) is 6.58 Å². The zero-order chi connectivity index (χ0) is 25.4. The molecular weight excluding hydrogens is 504 g/mol. The second-order valence-corrected chi connectivity index (χ2v) is 10.8. The first-order chi connectivity index (χ1) is 15.7. The highest BCUT2D eigenvalue weighted by Crippen LogP contribution is 2.61. The van der Waals surface area contributed by atoms with E-state index in [9.17, 15) is 39.0 Å². The third-order valence-corrected chi connectivity index (χ3v) is 7.71. The smallest absolute Gasteiger partial charge is 0.387 e. The number of phosphoric acid groups is 2. The molecule has 0 aliphatic carbocycles. The van der Waals surface area contributed by atoms with Crippen LogP contribution in [0.4, 0.5) is 0 Å². The Morgan fingerprint density at radius 2 is 1.88 bits per heavy atom. The molecule has 0 aromatic rings. The Labute approximate surface area is 193 Å². The van der Waals surface area contributed by atoms with Crippen molar-refractivity contribution in [2.75, 3.05) is 6.61 Å². The molecule has 1 amide bonds. The summed E-state index contributed by atoms with van der Waals surface area (Å²) >= 11 is 0. The minimum Gasteiger partial charge on any atom is -0.387 e. The number of aliphatic hydroxyl groups excluding tert-OH is 3. The highest BCUT2D eigenvalue weighted by Gasteiger charge is 2.48. The summed E-state index contributed by atoms with van der Waals surface area (Å²) in [5.74, 6) is -0.424. The molecule has 8 N–H and O–H groups in total. The Hall–Kier alpha value is -1.23. The van der Waals surface area contributed by atoms with Gasteiger partial charge in [-0.25, -0.2) is 9.13 Å². The minimum absolute atomic E-state index is 0.0426. The van der Waals surface area contributed by atoms with Gasteiger partial charge in [0, 0.05) is 18.3 Å². The molecule has 5 unspecified atom stereocenters. The van der Waals surface area contributed by atoms with Crippen molar-refractivity contribution >= 4 is 21.6 Å². The number of nitrogens with one attached hydrogen (secondary N) is 1. The second-order valence-electron chi connectivity index (χ2n) is 7.83. The van der Waals surface area contributed by atoms with E-state index in [1.807, 2.05) is 0 Å². The van der Waals surface area contributed by atoms with Crippen LogP contribution in [0.3, 0.4) is 0 Å². The van der Waals surface area contributed by atoms with Crippen LogP contribution in [0.5, 0.6) is 0 Å². The summed E-state index contributed by atoms with van der Waals surface area (Å²) in [5, 5.41) is 32.8. The lowest BCUT2D eigenvalue weighted by Gasteiger charge is -2.36. The number of ether oxygens (including phenoxy) is 2. The highest BCUT2D eigenvalue weighted by atomic mass is 31.3. The van der Waals surface area contributed by atoms with E-state index in [0.29, 0.717) is 0 Å².